The van der Waals surface area contributed by atoms with Gasteiger partial charge in [-0.2, -0.15) is 10.5 Å². The monoisotopic (exact) mass is 493 g/mol. The highest BCUT2D eigenvalue weighted by molar-refractivity contribution is 5.95. The minimum atomic E-state index is -1.22. The molecule has 37 heavy (non-hydrogen) atoms. The number of hydrogen-bond donors (Lipinski definition) is 3. The summed E-state index contributed by atoms with van der Waals surface area (Å²) in [6.07, 6.45) is -0.376. The van der Waals surface area contributed by atoms with E-state index in [2.05, 4.69) is 12.1 Å². The fraction of sp³-hybridized carbons (Fsp3) is 0.241. The van der Waals surface area contributed by atoms with Crippen LogP contribution in [-0.2, 0) is 15.9 Å². The Morgan fingerprint density at radius 1 is 1.00 bits per heavy atom. The first-order valence-corrected chi connectivity index (χ1v) is 11.9. The summed E-state index contributed by atoms with van der Waals surface area (Å²) in [5.41, 5.74) is -0.0387. The highest BCUT2D eigenvalue weighted by atomic mass is 16.6. The van der Waals surface area contributed by atoms with Gasteiger partial charge in [0.2, 0.25) is 11.8 Å². The number of aromatic nitrogens is 1. The molecule has 2 aliphatic heterocycles. The molecule has 1 saturated heterocycles. The van der Waals surface area contributed by atoms with Gasteiger partial charge < -0.3 is 24.8 Å². The van der Waals surface area contributed by atoms with Crippen molar-refractivity contribution in [2.75, 3.05) is 6.61 Å². The smallest absolute Gasteiger partial charge is 0.205 e. The van der Waals surface area contributed by atoms with Crippen LogP contribution < -0.4 is 4.74 Å². The fourth-order valence-electron chi connectivity index (χ4n) is 5.91. The summed E-state index contributed by atoms with van der Waals surface area (Å²) in [4.78, 5) is 0. The first-order valence-electron chi connectivity index (χ1n) is 11.9. The van der Waals surface area contributed by atoms with E-state index in [1.807, 2.05) is 24.3 Å². The molecular weight excluding hydrogens is 470 g/mol. The molecule has 0 aliphatic carbocycles. The number of fused-ring (bicyclic) bond motifs is 6. The molecule has 1 aromatic heterocycles. The molecule has 0 radical (unpaired) electrons. The highest BCUT2D eigenvalue weighted by Gasteiger charge is 2.66. The van der Waals surface area contributed by atoms with Gasteiger partial charge in [0.25, 0.3) is 0 Å². The van der Waals surface area contributed by atoms with Crippen molar-refractivity contribution in [3.8, 4) is 35.3 Å². The predicted molar refractivity (Wildman–Crippen MR) is 133 cm³/mol. The number of nitrogens with zero attached hydrogens (tertiary/aromatic N) is 3. The Balaban J connectivity index is 1.44. The van der Waals surface area contributed by atoms with Crippen LogP contribution in [0.2, 0.25) is 0 Å². The van der Waals surface area contributed by atoms with Gasteiger partial charge in [-0.1, -0.05) is 30.3 Å². The SMILES string of the molecule is C[C@]12O[C@](CCOc3cccc(C#N)c3)(CC1O)c1c2c(O)n(-c2ccc(C#N)c3ccccc23)c1O. The van der Waals surface area contributed by atoms with E-state index in [0.29, 0.717) is 50.9 Å². The Labute approximate surface area is 212 Å². The van der Waals surface area contributed by atoms with Gasteiger partial charge in [-0.15, -0.1) is 0 Å². The van der Waals surface area contributed by atoms with Gasteiger partial charge in [0.05, 0.1) is 52.8 Å². The third-order valence-electron chi connectivity index (χ3n) is 7.64. The summed E-state index contributed by atoms with van der Waals surface area (Å²) in [7, 11) is 0. The number of aliphatic hydroxyl groups excluding tert-OH is 1. The minimum Gasteiger partial charge on any atom is -0.494 e. The van der Waals surface area contributed by atoms with Crippen molar-refractivity contribution < 1.29 is 24.8 Å². The first-order chi connectivity index (χ1) is 17.8. The van der Waals surface area contributed by atoms with Gasteiger partial charge in [-0.3, -0.25) is 4.57 Å². The van der Waals surface area contributed by atoms with Gasteiger partial charge in [0.15, 0.2) is 0 Å². The van der Waals surface area contributed by atoms with Crippen LogP contribution in [0.1, 0.15) is 42.0 Å². The summed E-state index contributed by atoms with van der Waals surface area (Å²) in [6.45, 7) is 1.91. The molecule has 3 heterocycles. The van der Waals surface area contributed by atoms with E-state index in [-0.39, 0.29) is 24.8 Å². The molecule has 1 unspecified atom stereocenters. The normalized spacial score (nSPS) is 23.5. The zero-order valence-corrected chi connectivity index (χ0v) is 20.0. The van der Waals surface area contributed by atoms with E-state index >= 15 is 0 Å². The van der Waals surface area contributed by atoms with E-state index in [9.17, 15) is 20.6 Å². The lowest BCUT2D eigenvalue weighted by Gasteiger charge is -2.26. The van der Waals surface area contributed by atoms with E-state index in [4.69, 9.17) is 14.7 Å². The Bertz CT molecular complexity index is 1660. The van der Waals surface area contributed by atoms with Crippen LogP contribution in [-0.4, -0.2) is 32.6 Å². The summed E-state index contributed by atoms with van der Waals surface area (Å²) in [5.74, 6) is 0.140. The third kappa shape index (κ3) is 3.14. The van der Waals surface area contributed by atoms with Crippen LogP contribution in [0.15, 0.2) is 60.7 Å². The molecule has 2 aliphatic rings. The molecule has 8 nitrogen and oxygen atoms in total. The molecule has 4 aromatic rings. The maximum atomic E-state index is 11.5. The predicted octanol–water partition coefficient (Wildman–Crippen LogP) is 4.46. The number of nitriles is 2. The zero-order chi connectivity index (χ0) is 25.9. The summed E-state index contributed by atoms with van der Waals surface area (Å²) < 4.78 is 13.6. The van der Waals surface area contributed by atoms with E-state index in [0.717, 1.165) is 0 Å². The topological polar surface area (TPSA) is 132 Å². The van der Waals surface area contributed by atoms with Crippen LogP contribution in [0.3, 0.4) is 0 Å². The van der Waals surface area contributed by atoms with Crippen molar-refractivity contribution in [3.63, 3.8) is 0 Å². The lowest BCUT2D eigenvalue weighted by Crippen LogP contribution is -2.33. The number of rotatable bonds is 5. The van der Waals surface area contributed by atoms with Crippen LogP contribution >= 0.6 is 0 Å². The molecular formula is C29H23N3O5. The molecule has 0 spiro atoms. The van der Waals surface area contributed by atoms with Crippen LogP contribution in [0, 0.1) is 22.7 Å². The van der Waals surface area contributed by atoms with Crippen molar-refractivity contribution in [2.45, 2.75) is 37.1 Å². The van der Waals surface area contributed by atoms with Gasteiger partial charge >= 0.3 is 0 Å². The standard InChI is InChI=1S/C29H23N3O5/c1-28-23(33)14-29(37-28,11-12-36-19-6-4-5-17(13-19)15-30)25-24(28)26(34)32(27(25)35)22-10-9-18(16-31)20-7-2-3-8-21(20)22/h2-10,13,23,33-35H,11-12,14H2,1H3/t23?,28-,29+/m0/s1. The average molecular weight is 494 g/mol. The third-order valence-corrected chi connectivity index (χ3v) is 7.64. The second-order valence-corrected chi connectivity index (χ2v) is 9.68. The Kier molecular flexibility index (Phi) is 4.96. The number of ether oxygens (including phenoxy) is 2. The van der Waals surface area contributed by atoms with Crippen molar-refractivity contribution in [1.29, 1.82) is 10.5 Å². The largest absolute Gasteiger partial charge is 0.494 e. The van der Waals surface area contributed by atoms with E-state index in [1.54, 1.807) is 43.3 Å². The van der Waals surface area contributed by atoms with Gasteiger partial charge in [0.1, 0.15) is 17.0 Å². The lowest BCUT2D eigenvalue weighted by atomic mass is 9.76. The second-order valence-electron chi connectivity index (χ2n) is 9.68. The van der Waals surface area contributed by atoms with Crippen molar-refractivity contribution in [2.24, 2.45) is 0 Å². The Morgan fingerprint density at radius 3 is 2.51 bits per heavy atom. The molecule has 0 saturated carbocycles. The van der Waals surface area contributed by atoms with E-state index < -0.39 is 17.3 Å². The quantitative estimate of drug-likeness (QED) is 0.374. The molecule has 184 valence electrons. The van der Waals surface area contributed by atoms with E-state index in [1.165, 1.54) is 4.57 Å². The van der Waals surface area contributed by atoms with Crippen molar-refractivity contribution in [3.05, 3.63) is 82.9 Å². The number of hydrogen-bond acceptors (Lipinski definition) is 7. The van der Waals surface area contributed by atoms with Crippen LogP contribution in [0.4, 0.5) is 0 Å². The highest BCUT2D eigenvalue weighted by Crippen LogP contribution is 2.65. The zero-order valence-electron chi connectivity index (χ0n) is 20.0. The number of aromatic hydroxyl groups is 2. The number of benzene rings is 3. The average Bonchev–Trinajstić information content (AvgIpc) is 3.44. The summed E-state index contributed by atoms with van der Waals surface area (Å²) >= 11 is 0. The fourth-order valence-corrected chi connectivity index (χ4v) is 5.91. The molecule has 2 bridgehead atoms. The van der Waals surface area contributed by atoms with Crippen LogP contribution in [0.5, 0.6) is 17.5 Å². The van der Waals surface area contributed by atoms with Gasteiger partial charge in [-0.25, -0.2) is 0 Å². The second kappa shape index (κ2) is 8.01. The van der Waals surface area contributed by atoms with Gasteiger partial charge in [0, 0.05) is 23.6 Å². The first kappa shape index (κ1) is 22.9. The molecule has 3 N–H and O–H groups in total. The van der Waals surface area contributed by atoms with Crippen molar-refractivity contribution >= 4 is 10.8 Å². The molecule has 3 atom stereocenters. The van der Waals surface area contributed by atoms with Crippen LogP contribution in [0.25, 0.3) is 16.5 Å². The summed E-state index contributed by atoms with van der Waals surface area (Å²) in [5, 5.41) is 54.0. The minimum absolute atomic E-state index is 0.176. The molecule has 3 aromatic carbocycles. The maximum absolute atomic E-state index is 11.5. The Hall–Kier alpha value is -4.50. The molecule has 6 rings (SSSR count). The lowest BCUT2D eigenvalue weighted by molar-refractivity contribution is -0.107. The van der Waals surface area contributed by atoms with Crippen molar-refractivity contribution in [1.82, 2.24) is 4.57 Å². The van der Waals surface area contributed by atoms with Gasteiger partial charge in [-0.05, 0) is 37.3 Å². The maximum Gasteiger partial charge on any atom is 0.205 e. The molecule has 0 amide bonds. The summed E-state index contributed by atoms with van der Waals surface area (Å²) in [6, 6.07) is 21.7. The molecule has 1 fully saturated rings. The Morgan fingerprint density at radius 2 is 1.76 bits per heavy atom. The molecule has 8 heteroatoms. The number of aliphatic hydroxyl groups is 1.